The minimum atomic E-state index is -5.07. The Morgan fingerprint density at radius 2 is 1.94 bits per heavy atom. The molecule has 0 bridgehead atoms. The number of alkyl halides is 3. The molecular weight excluding hydrogens is 229 g/mol. The molecule has 0 aromatic heterocycles. The molecule has 0 spiro atoms. The van der Waals surface area contributed by atoms with E-state index in [-0.39, 0.29) is 0 Å². The number of ether oxygens (including phenoxy) is 1. The van der Waals surface area contributed by atoms with E-state index in [9.17, 15) is 22.8 Å². The first-order valence-electron chi connectivity index (χ1n) is 4.47. The molecule has 8 heteroatoms. The van der Waals surface area contributed by atoms with Crippen LogP contribution in [0.4, 0.5) is 13.2 Å². The second-order valence-corrected chi connectivity index (χ2v) is 3.03. The van der Waals surface area contributed by atoms with Gasteiger partial charge in [-0.15, -0.1) is 0 Å². The third-order valence-electron chi connectivity index (χ3n) is 1.68. The van der Waals surface area contributed by atoms with Gasteiger partial charge in [0.2, 0.25) is 0 Å². The Morgan fingerprint density at radius 3 is 2.38 bits per heavy atom. The van der Waals surface area contributed by atoms with Crippen LogP contribution in [-0.2, 0) is 14.3 Å². The molecule has 0 rings (SSSR count). The highest BCUT2D eigenvalue weighted by Gasteiger charge is 2.41. The van der Waals surface area contributed by atoms with E-state index < -0.39 is 24.7 Å². The van der Waals surface area contributed by atoms with E-state index in [4.69, 9.17) is 5.73 Å². The van der Waals surface area contributed by atoms with Crippen LogP contribution in [0.15, 0.2) is 0 Å². The van der Waals surface area contributed by atoms with Crippen molar-refractivity contribution in [2.24, 2.45) is 5.73 Å². The van der Waals surface area contributed by atoms with Crippen LogP contribution in [0.5, 0.6) is 0 Å². The second-order valence-electron chi connectivity index (χ2n) is 3.03. The molecule has 0 aliphatic carbocycles. The van der Waals surface area contributed by atoms with Crippen molar-refractivity contribution in [2.75, 3.05) is 26.7 Å². The maximum atomic E-state index is 11.7. The monoisotopic (exact) mass is 242 g/mol. The lowest BCUT2D eigenvalue weighted by molar-refractivity contribution is -0.200. The molecular formula is C8H13F3N2O3. The highest BCUT2D eigenvalue weighted by atomic mass is 19.4. The number of hydrogen-bond acceptors (Lipinski definition) is 4. The van der Waals surface area contributed by atoms with Crippen molar-refractivity contribution in [1.82, 2.24) is 4.90 Å². The van der Waals surface area contributed by atoms with Crippen molar-refractivity contribution in [1.29, 1.82) is 0 Å². The number of nitrogens with zero attached hydrogens (tertiary/aromatic N) is 1. The molecule has 1 amide bonds. The lowest BCUT2D eigenvalue weighted by Gasteiger charge is -2.16. The molecule has 0 heterocycles. The number of esters is 1. The van der Waals surface area contributed by atoms with E-state index in [0.29, 0.717) is 19.5 Å². The first kappa shape index (κ1) is 14.7. The van der Waals surface area contributed by atoms with E-state index in [1.54, 1.807) is 0 Å². The minimum absolute atomic E-state index is 0.304. The Morgan fingerprint density at radius 1 is 1.38 bits per heavy atom. The molecule has 0 saturated heterocycles. The molecule has 0 radical (unpaired) electrons. The van der Waals surface area contributed by atoms with Gasteiger partial charge >= 0.3 is 12.1 Å². The smallest absolute Gasteiger partial charge is 0.449 e. The van der Waals surface area contributed by atoms with Crippen LogP contribution >= 0.6 is 0 Å². The van der Waals surface area contributed by atoms with Crippen LogP contribution < -0.4 is 5.73 Å². The van der Waals surface area contributed by atoms with E-state index in [1.807, 2.05) is 0 Å². The Labute approximate surface area is 90.3 Å². The molecule has 0 aromatic carbocycles. The van der Waals surface area contributed by atoms with Gasteiger partial charge in [-0.2, -0.15) is 13.2 Å². The zero-order valence-electron chi connectivity index (χ0n) is 8.71. The summed E-state index contributed by atoms with van der Waals surface area (Å²) in [7, 11) is 1.39. The Balaban J connectivity index is 3.94. The summed E-state index contributed by atoms with van der Waals surface area (Å²) in [5.41, 5.74) is 5.18. The van der Waals surface area contributed by atoms with Gasteiger partial charge in [0.25, 0.3) is 5.91 Å². The highest BCUT2D eigenvalue weighted by Crippen LogP contribution is 2.16. The van der Waals surface area contributed by atoms with Crippen LogP contribution in [0.3, 0.4) is 0 Å². The maximum absolute atomic E-state index is 11.7. The molecule has 0 aliphatic heterocycles. The van der Waals surface area contributed by atoms with Crippen LogP contribution in [-0.4, -0.2) is 49.7 Å². The molecule has 16 heavy (non-hydrogen) atoms. The van der Waals surface area contributed by atoms with Crippen molar-refractivity contribution >= 4 is 11.9 Å². The van der Waals surface area contributed by atoms with Gasteiger partial charge in [0.1, 0.15) is 0 Å². The van der Waals surface area contributed by atoms with Crippen molar-refractivity contribution in [2.45, 2.75) is 12.6 Å². The van der Waals surface area contributed by atoms with Gasteiger partial charge in [0, 0.05) is 13.6 Å². The van der Waals surface area contributed by atoms with Gasteiger partial charge in [-0.1, -0.05) is 0 Å². The summed E-state index contributed by atoms with van der Waals surface area (Å²) in [4.78, 5) is 22.5. The number of carbonyl (C=O) groups excluding carboxylic acids is 2. The first-order valence-corrected chi connectivity index (χ1v) is 4.47. The topological polar surface area (TPSA) is 72.6 Å². The summed E-state index contributed by atoms with van der Waals surface area (Å²) in [5.74, 6) is -3.07. The Bertz CT molecular complexity index is 255. The number of likely N-dealkylation sites (N-methyl/N-ethyl adjacent to an activating group) is 1. The fraction of sp³-hybridized carbons (Fsp3) is 0.750. The third-order valence-corrected chi connectivity index (χ3v) is 1.68. The van der Waals surface area contributed by atoms with Crippen LogP contribution in [0, 0.1) is 0 Å². The lowest BCUT2D eigenvalue weighted by Crippen LogP contribution is -2.35. The number of rotatable bonds is 5. The molecule has 0 unspecified atom stereocenters. The molecule has 0 fully saturated rings. The van der Waals surface area contributed by atoms with Gasteiger partial charge in [0.15, 0.2) is 6.61 Å². The molecule has 2 N–H and O–H groups in total. The predicted molar refractivity (Wildman–Crippen MR) is 48.3 cm³/mol. The average Bonchev–Trinajstić information content (AvgIpc) is 2.20. The van der Waals surface area contributed by atoms with Crippen molar-refractivity contribution in [3.05, 3.63) is 0 Å². The van der Waals surface area contributed by atoms with Gasteiger partial charge in [-0.05, 0) is 13.0 Å². The normalized spacial score (nSPS) is 11.1. The van der Waals surface area contributed by atoms with Crippen molar-refractivity contribution in [3.8, 4) is 0 Å². The van der Waals surface area contributed by atoms with Crippen LogP contribution in [0.2, 0.25) is 0 Å². The fourth-order valence-corrected chi connectivity index (χ4v) is 0.772. The first-order chi connectivity index (χ1) is 7.29. The summed E-state index contributed by atoms with van der Waals surface area (Å²) >= 11 is 0. The number of carbonyl (C=O) groups is 2. The van der Waals surface area contributed by atoms with Crippen LogP contribution in [0.25, 0.3) is 0 Å². The summed E-state index contributed by atoms with van der Waals surface area (Å²) < 4.78 is 38.8. The molecule has 5 nitrogen and oxygen atoms in total. The largest absolute Gasteiger partial charge is 0.490 e. The Kier molecular flexibility index (Phi) is 5.79. The molecule has 0 aliphatic rings. The average molecular weight is 242 g/mol. The number of halogens is 3. The zero-order chi connectivity index (χ0) is 12.8. The number of nitrogens with two attached hydrogens (primary N) is 1. The van der Waals surface area contributed by atoms with Crippen molar-refractivity contribution in [3.63, 3.8) is 0 Å². The van der Waals surface area contributed by atoms with E-state index in [1.165, 1.54) is 7.05 Å². The summed E-state index contributed by atoms with van der Waals surface area (Å²) in [6.07, 6.45) is -4.55. The van der Waals surface area contributed by atoms with Gasteiger partial charge in [-0.25, -0.2) is 4.79 Å². The number of hydrogen-bond donors (Lipinski definition) is 1. The molecule has 94 valence electrons. The third kappa shape index (κ3) is 5.54. The van der Waals surface area contributed by atoms with Crippen molar-refractivity contribution < 1.29 is 27.5 Å². The maximum Gasteiger partial charge on any atom is 0.490 e. The van der Waals surface area contributed by atoms with Crippen LogP contribution in [0.1, 0.15) is 6.42 Å². The number of amides is 1. The minimum Gasteiger partial charge on any atom is -0.449 e. The fourth-order valence-electron chi connectivity index (χ4n) is 0.772. The summed E-state index contributed by atoms with van der Waals surface area (Å²) in [6, 6.07) is 0. The highest BCUT2D eigenvalue weighted by molar-refractivity contribution is 5.82. The summed E-state index contributed by atoms with van der Waals surface area (Å²) in [5, 5.41) is 0. The molecule has 0 saturated carbocycles. The standard InChI is InChI=1S/C8H13F3N2O3/c1-13(4-2-3-12)6(14)5-16-7(15)8(9,10)11/h2-5,12H2,1H3. The summed E-state index contributed by atoms with van der Waals surface area (Å²) in [6.45, 7) is -0.252. The predicted octanol–water partition coefficient (Wildman–Crippen LogP) is -0.101. The SMILES string of the molecule is CN(CCCN)C(=O)COC(=O)C(F)(F)F. The van der Waals surface area contributed by atoms with E-state index in [2.05, 4.69) is 4.74 Å². The van der Waals surface area contributed by atoms with Gasteiger partial charge < -0.3 is 15.4 Å². The van der Waals surface area contributed by atoms with Gasteiger partial charge in [-0.3, -0.25) is 4.79 Å². The quantitative estimate of drug-likeness (QED) is 0.683. The zero-order valence-corrected chi connectivity index (χ0v) is 8.71. The lowest BCUT2D eigenvalue weighted by atomic mass is 10.4. The molecule has 0 aromatic rings. The van der Waals surface area contributed by atoms with E-state index in [0.717, 1.165) is 4.90 Å². The molecule has 0 atom stereocenters. The second kappa shape index (κ2) is 6.31. The van der Waals surface area contributed by atoms with E-state index >= 15 is 0 Å². The Hall–Kier alpha value is -1.31. The van der Waals surface area contributed by atoms with Gasteiger partial charge in [0.05, 0.1) is 0 Å².